The number of nitrogens with zero attached hydrogens (tertiary/aromatic N) is 3. The van der Waals surface area contributed by atoms with Gasteiger partial charge in [-0.05, 0) is 35.4 Å². The first-order valence-corrected chi connectivity index (χ1v) is 12.0. The van der Waals surface area contributed by atoms with E-state index >= 15 is 0 Å². The quantitative estimate of drug-likeness (QED) is 0.410. The number of hydrogen-bond donors (Lipinski definition) is 0. The number of hydrogen-bond acceptors (Lipinski definition) is 6. The monoisotopic (exact) mass is 481 g/mol. The van der Waals surface area contributed by atoms with E-state index in [0.29, 0.717) is 30.9 Å². The maximum Gasteiger partial charge on any atom is 0.257 e. The standard InChI is InChI=1S/C29H27N3O4/c1-31-26-17-32(16-23-15-25(30-36-23)19-7-4-3-5-8-19)18-28(26)35-27-14-21(11-12-24(27)29(31)33)20-9-6-10-22(13-20)34-2/h3-15,26,28H,16-18H2,1-2H3/t26-,28+/m1/s1. The minimum atomic E-state index is -0.141. The third-order valence-electron chi connectivity index (χ3n) is 7.03. The first-order valence-electron chi connectivity index (χ1n) is 12.0. The van der Waals surface area contributed by atoms with Crippen molar-refractivity contribution in [1.82, 2.24) is 15.0 Å². The molecule has 3 heterocycles. The number of ether oxygens (including phenoxy) is 2. The molecule has 0 N–H and O–H groups in total. The number of carbonyl (C=O) groups excluding carboxylic acids is 1. The van der Waals surface area contributed by atoms with Crippen LogP contribution in [0, 0.1) is 0 Å². The van der Waals surface area contributed by atoms with Gasteiger partial charge in [0.15, 0.2) is 5.76 Å². The summed E-state index contributed by atoms with van der Waals surface area (Å²) in [7, 11) is 3.51. The number of benzene rings is 3. The second-order valence-corrected chi connectivity index (χ2v) is 9.32. The highest BCUT2D eigenvalue weighted by atomic mass is 16.5. The van der Waals surface area contributed by atoms with Crippen molar-refractivity contribution in [2.45, 2.75) is 18.7 Å². The van der Waals surface area contributed by atoms with Crippen LogP contribution in [0.15, 0.2) is 83.4 Å². The fourth-order valence-electron chi connectivity index (χ4n) is 5.08. The highest BCUT2D eigenvalue weighted by Gasteiger charge is 2.42. The number of rotatable bonds is 5. The molecule has 6 rings (SSSR count). The Morgan fingerprint density at radius 3 is 2.58 bits per heavy atom. The molecule has 4 aromatic rings. The molecular formula is C29H27N3O4. The zero-order valence-corrected chi connectivity index (χ0v) is 20.3. The summed E-state index contributed by atoms with van der Waals surface area (Å²) >= 11 is 0. The van der Waals surface area contributed by atoms with Gasteiger partial charge in [0, 0.05) is 31.8 Å². The van der Waals surface area contributed by atoms with Crippen molar-refractivity contribution in [2.24, 2.45) is 0 Å². The Hall–Kier alpha value is -4.10. The van der Waals surface area contributed by atoms with Gasteiger partial charge in [0.25, 0.3) is 5.91 Å². The fraction of sp³-hybridized carbons (Fsp3) is 0.241. The van der Waals surface area contributed by atoms with Crippen molar-refractivity contribution in [3.05, 3.63) is 90.2 Å². The predicted octanol–water partition coefficient (Wildman–Crippen LogP) is 4.73. The molecule has 1 fully saturated rings. The number of fused-ring (bicyclic) bond motifs is 2. The third kappa shape index (κ3) is 4.12. The molecule has 0 aliphatic carbocycles. The van der Waals surface area contributed by atoms with E-state index in [4.69, 9.17) is 14.0 Å². The smallest absolute Gasteiger partial charge is 0.257 e. The zero-order valence-electron chi connectivity index (χ0n) is 20.3. The highest BCUT2D eigenvalue weighted by Crippen LogP contribution is 2.35. The van der Waals surface area contributed by atoms with Crippen LogP contribution in [0.5, 0.6) is 11.5 Å². The maximum atomic E-state index is 13.3. The van der Waals surface area contributed by atoms with Crippen LogP contribution in [0.1, 0.15) is 16.1 Å². The number of methoxy groups -OCH3 is 1. The van der Waals surface area contributed by atoms with Gasteiger partial charge in [0.2, 0.25) is 0 Å². The normalized spacial score (nSPS) is 19.4. The van der Waals surface area contributed by atoms with Crippen molar-refractivity contribution in [3.8, 4) is 33.9 Å². The van der Waals surface area contributed by atoms with E-state index in [1.807, 2.05) is 90.8 Å². The van der Waals surface area contributed by atoms with E-state index < -0.39 is 0 Å². The van der Waals surface area contributed by atoms with Crippen molar-refractivity contribution in [1.29, 1.82) is 0 Å². The van der Waals surface area contributed by atoms with Crippen LogP contribution in [0.25, 0.3) is 22.4 Å². The summed E-state index contributed by atoms with van der Waals surface area (Å²) in [4.78, 5) is 17.4. The third-order valence-corrected chi connectivity index (χ3v) is 7.03. The van der Waals surface area contributed by atoms with Crippen LogP contribution in [-0.2, 0) is 6.54 Å². The van der Waals surface area contributed by atoms with Gasteiger partial charge in [-0.3, -0.25) is 9.69 Å². The van der Waals surface area contributed by atoms with Crippen LogP contribution in [0.3, 0.4) is 0 Å². The topological polar surface area (TPSA) is 68.0 Å². The minimum Gasteiger partial charge on any atom is -0.497 e. The van der Waals surface area contributed by atoms with E-state index in [9.17, 15) is 4.79 Å². The van der Waals surface area contributed by atoms with Gasteiger partial charge in [-0.25, -0.2) is 0 Å². The Balaban J connectivity index is 1.22. The van der Waals surface area contributed by atoms with Crippen molar-refractivity contribution in [3.63, 3.8) is 0 Å². The lowest BCUT2D eigenvalue weighted by Gasteiger charge is -2.25. The van der Waals surface area contributed by atoms with Gasteiger partial charge in [-0.15, -0.1) is 0 Å². The molecule has 3 aromatic carbocycles. The summed E-state index contributed by atoms with van der Waals surface area (Å²) in [5.41, 5.74) is 4.42. The number of carbonyl (C=O) groups is 1. The molecule has 2 atom stereocenters. The molecule has 0 saturated carbocycles. The van der Waals surface area contributed by atoms with Crippen LogP contribution < -0.4 is 9.47 Å². The van der Waals surface area contributed by atoms with E-state index in [-0.39, 0.29) is 18.1 Å². The maximum absolute atomic E-state index is 13.3. The summed E-state index contributed by atoms with van der Waals surface area (Å²) < 4.78 is 17.5. The van der Waals surface area contributed by atoms with E-state index in [1.54, 1.807) is 7.11 Å². The number of likely N-dealkylation sites (tertiary alicyclic amines) is 1. The van der Waals surface area contributed by atoms with Crippen LogP contribution in [0.2, 0.25) is 0 Å². The Labute approximate surface area is 209 Å². The predicted molar refractivity (Wildman–Crippen MR) is 136 cm³/mol. The molecule has 0 unspecified atom stereocenters. The summed E-state index contributed by atoms with van der Waals surface area (Å²) in [5, 5.41) is 4.24. The first kappa shape index (κ1) is 22.4. The largest absolute Gasteiger partial charge is 0.497 e. The molecule has 182 valence electrons. The van der Waals surface area contributed by atoms with Crippen molar-refractivity contribution in [2.75, 3.05) is 27.2 Å². The summed E-state index contributed by atoms with van der Waals surface area (Å²) in [6.07, 6.45) is -0.141. The Bertz CT molecular complexity index is 1400. The number of aromatic nitrogens is 1. The molecule has 1 aromatic heterocycles. The molecular weight excluding hydrogens is 454 g/mol. The average Bonchev–Trinajstić information content (AvgIpc) is 3.53. The van der Waals surface area contributed by atoms with Gasteiger partial charge in [-0.2, -0.15) is 0 Å². The highest BCUT2D eigenvalue weighted by molar-refractivity contribution is 5.98. The lowest BCUT2D eigenvalue weighted by Crippen LogP contribution is -2.44. The van der Waals surface area contributed by atoms with Crippen LogP contribution in [-0.4, -0.2) is 60.3 Å². The van der Waals surface area contributed by atoms with Crippen molar-refractivity contribution >= 4 is 5.91 Å². The molecule has 7 nitrogen and oxygen atoms in total. The van der Waals surface area contributed by atoms with Crippen LogP contribution in [0.4, 0.5) is 0 Å². The van der Waals surface area contributed by atoms with Crippen molar-refractivity contribution < 1.29 is 18.8 Å². The Morgan fingerprint density at radius 2 is 1.75 bits per heavy atom. The summed E-state index contributed by atoms with van der Waals surface area (Å²) in [5.74, 6) is 2.17. The second-order valence-electron chi connectivity index (χ2n) is 9.32. The average molecular weight is 482 g/mol. The molecule has 1 saturated heterocycles. The molecule has 2 aliphatic heterocycles. The molecule has 1 amide bonds. The molecule has 36 heavy (non-hydrogen) atoms. The van der Waals surface area contributed by atoms with E-state index in [2.05, 4.69) is 10.1 Å². The van der Waals surface area contributed by atoms with Crippen LogP contribution >= 0.6 is 0 Å². The van der Waals surface area contributed by atoms with E-state index in [0.717, 1.165) is 33.9 Å². The van der Waals surface area contributed by atoms with E-state index in [1.165, 1.54) is 0 Å². The lowest BCUT2D eigenvalue weighted by molar-refractivity contribution is 0.0682. The summed E-state index contributed by atoms with van der Waals surface area (Å²) in [6.45, 7) is 1.99. The zero-order chi connectivity index (χ0) is 24.6. The van der Waals surface area contributed by atoms with Gasteiger partial charge < -0.3 is 18.9 Å². The Kier molecular flexibility index (Phi) is 5.70. The second kappa shape index (κ2) is 9.17. The minimum absolute atomic E-state index is 0.0254. The number of amides is 1. The summed E-state index contributed by atoms with van der Waals surface area (Å²) in [6, 6.07) is 25.6. The fourth-order valence-corrected chi connectivity index (χ4v) is 5.08. The van der Waals surface area contributed by atoms with Gasteiger partial charge in [-0.1, -0.05) is 53.7 Å². The SMILES string of the molecule is COc1cccc(-c2ccc3c(c2)O[C@H]2CN(Cc4cc(-c5ccccc5)no4)C[C@H]2N(C)C3=O)c1. The number of likely N-dealkylation sites (N-methyl/N-ethyl adjacent to an activating group) is 1. The first-order chi connectivity index (χ1) is 17.6. The molecule has 0 radical (unpaired) electrons. The molecule has 2 aliphatic rings. The van der Waals surface area contributed by atoms with Gasteiger partial charge >= 0.3 is 0 Å². The lowest BCUT2D eigenvalue weighted by atomic mass is 10.0. The van der Waals surface area contributed by atoms with Gasteiger partial charge in [0.05, 0.1) is 25.3 Å². The Morgan fingerprint density at radius 1 is 0.944 bits per heavy atom. The molecule has 7 heteroatoms. The van der Waals surface area contributed by atoms with Gasteiger partial charge in [0.1, 0.15) is 23.3 Å². The molecule has 0 bridgehead atoms. The molecule has 0 spiro atoms.